The number of rotatable bonds is 6. The van der Waals surface area contributed by atoms with Gasteiger partial charge in [0.2, 0.25) is 0 Å². The Morgan fingerprint density at radius 3 is 1.91 bits per heavy atom. The van der Waals surface area contributed by atoms with Crippen LogP contribution in [-0.4, -0.2) is 25.2 Å². The minimum atomic E-state index is -0.365. The lowest BCUT2D eigenvalue weighted by Gasteiger charge is -2.28. The van der Waals surface area contributed by atoms with Crippen LogP contribution in [0.15, 0.2) is 11.1 Å². The van der Waals surface area contributed by atoms with Gasteiger partial charge in [0.1, 0.15) is 0 Å². The van der Waals surface area contributed by atoms with Crippen LogP contribution in [0.25, 0.3) is 0 Å². The molecule has 1 rings (SSSR count). The number of hydrogen-bond donors (Lipinski definition) is 0. The van der Waals surface area contributed by atoms with Gasteiger partial charge in [-0.2, -0.15) is 0 Å². The van der Waals surface area contributed by atoms with E-state index in [9.17, 15) is 9.59 Å². The van der Waals surface area contributed by atoms with Crippen molar-refractivity contribution in [2.75, 3.05) is 13.2 Å². The van der Waals surface area contributed by atoms with Crippen LogP contribution in [0, 0.1) is 11.3 Å². The van der Waals surface area contributed by atoms with Crippen LogP contribution < -0.4 is 0 Å². The van der Waals surface area contributed by atoms with Crippen molar-refractivity contribution in [3.63, 3.8) is 0 Å². The van der Waals surface area contributed by atoms with Crippen molar-refractivity contribution in [1.29, 1.82) is 0 Å². The van der Waals surface area contributed by atoms with Crippen molar-refractivity contribution in [2.24, 2.45) is 11.3 Å². The normalized spacial score (nSPS) is 17.4. The summed E-state index contributed by atoms with van der Waals surface area (Å²) < 4.78 is 10.5. The lowest BCUT2D eigenvalue weighted by atomic mass is 9.78. The first-order valence-electron chi connectivity index (χ1n) is 8.87. The third-order valence-corrected chi connectivity index (χ3v) is 4.06. The van der Waals surface area contributed by atoms with E-state index in [4.69, 9.17) is 9.47 Å². The van der Waals surface area contributed by atoms with Crippen LogP contribution in [0.2, 0.25) is 0 Å². The fourth-order valence-electron chi connectivity index (χ4n) is 3.16. The number of ether oxygens (including phenoxy) is 2. The fraction of sp³-hybridized carbons (Fsp3) is 0.789. The molecule has 0 unspecified atom stereocenters. The van der Waals surface area contributed by atoms with Gasteiger partial charge in [0.05, 0.1) is 18.8 Å². The Bertz CT molecular complexity index is 437. The van der Waals surface area contributed by atoms with Crippen molar-refractivity contribution < 1.29 is 19.1 Å². The first-order valence-corrected chi connectivity index (χ1v) is 8.87. The van der Waals surface area contributed by atoms with E-state index in [1.54, 1.807) is 13.8 Å². The lowest BCUT2D eigenvalue weighted by molar-refractivity contribution is -0.142. The highest BCUT2D eigenvalue weighted by atomic mass is 16.5. The minimum absolute atomic E-state index is 0.103. The van der Waals surface area contributed by atoms with Gasteiger partial charge >= 0.3 is 11.9 Å². The summed E-state index contributed by atoms with van der Waals surface area (Å²) in [4.78, 5) is 25.1. The Balaban J connectivity index is 3.30. The fourth-order valence-corrected chi connectivity index (χ4v) is 3.16. The van der Waals surface area contributed by atoms with Gasteiger partial charge in [-0.3, -0.25) is 0 Å². The van der Waals surface area contributed by atoms with Crippen molar-refractivity contribution in [2.45, 2.75) is 73.1 Å². The van der Waals surface area contributed by atoms with E-state index >= 15 is 0 Å². The number of carbonyl (C=O) groups is 2. The largest absolute Gasteiger partial charge is 0.463 e. The summed E-state index contributed by atoms with van der Waals surface area (Å²) >= 11 is 0. The maximum absolute atomic E-state index is 12.6. The summed E-state index contributed by atoms with van der Waals surface area (Å²) in [6, 6.07) is 0. The third-order valence-electron chi connectivity index (χ3n) is 4.06. The van der Waals surface area contributed by atoms with Crippen molar-refractivity contribution in [1.82, 2.24) is 0 Å². The molecule has 1 aliphatic carbocycles. The van der Waals surface area contributed by atoms with Crippen LogP contribution in [0.5, 0.6) is 0 Å². The maximum Gasteiger partial charge on any atom is 0.334 e. The van der Waals surface area contributed by atoms with Crippen LogP contribution in [-0.2, 0) is 19.1 Å². The number of carbonyl (C=O) groups excluding carboxylic acids is 2. The van der Waals surface area contributed by atoms with Crippen molar-refractivity contribution >= 4 is 11.9 Å². The van der Waals surface area contributed by atoms with Gasteiger partial charge < -0.3 is 9.47 Å². The molecule has 0 bridgehead atoms. The van der Waals surface area contributed by atoms with Gasteiger partial charge in [-0.1, -0.05) is 40.0 Å². The molecule has 132 valence electrons. The predicted octanol–water partition coefficient (Wildman–Crippen LogP) is 4.43. The second-order valence-electron chi connectivity index (χ2n) is 7.41. The zero-order chi connectivity index (χ0) is 17.5. The highest BCUT2D eigenvalue weighted by molar-refractivity contribution is 6.00. The average molecular weight is 324 g/mol. The van der Waals surface area contributed by atoms with Crippen LogP contribution in [0.4, 0.5) is 0 Å². The quantitative estimate of drug-likeness (QED) is 0.536. The molecule has 0 saturated heterocycles. The molecule has 4 nitrogen and oxygen atoms in total. The molecule has 0 aromatic carbocycles. The zero-order valence-electron chi connectivity index (χ0n) is 15.4. The minimum Gasteiger partial charge on any atom is -0.463 e. The number of hydrogen-bond acceptors (Lipinski definition) is 4. The standard InChI is InChI=1S/C19H32O4/c1-6-22-17(20)15(13-19(3,4)5)16(18(21)23-7-2)14-11-9-8-10-12-14/h14H,6-13H2,1-5H3/b16-15-. The summed E-state index contributed by atoms with van der Waals surface area (Å²) in [6.07, 6.45) is 5.80. The predicted molar refractivity (Wildman–Crippen MR) is 90.9 cm³/mol. The topological polar surface area (TPSA) is 52.6 Å². The van der Waals surface area contributed by atoms with E-state index in [2.05, 4.69) is 20.8 Å². The molecular weight excluding hydrogens is 292 g/mol. The highest BCUT2D eigenvalue weighted by Gasteiger charge is 2.32. The molecule has 23 heavy (non-hydrogen) atoms. The third kappa shape index (κ3) is 6.36. The highest BCUT2D eigenvalue weighted by Crippen LogP contribution is 2.36. The zero-order valence-corrected chi connectivity index (χ0v) is 15.4. The molecule has 0 aromatic rings. The smallest absolute Gasteiger partial charge is 0.334 e. The molecule has 0 atom stereocenters. The monoisotopic (exact) mass is 324 g/mol. The second-order valence-corrected chi connectivity index (χ2v) is 7.41. The van der Waals surface area contributed by atoms with Gasteiger partial charge in [0.25, 0.3) is 0 Å². The Morgan fingerprint density at radius 2 is 1.43 bits per heavy atom. The van der Waals surface area contributed by atoms with E-state index in [1.807, 2.05) is 0 Å². The summed E-state index contributed by atoms with van der Waals surface area (Å²) in [6.45, 7) is 10.4. The van der Waals surface area contributed by atoms with Gasteiger partial charge in [0, 0.05) is 5.57 Å². The Kier molecular flexibility index (Phi) is 7.80. The molecule has 0 amide bonds. The maximum atomic E-state index is 12.6. The molecule has 0 N–H and O–H groups in total. The van der Waals surface area contributed by atoms with E-state index in [1.165, 1.54) is 6.42 Å². The Morgan fingerprint density at radius 1 is 0.913 bits per heavy atom. The van der Waals surface area contributed by atoms with Gasteiger partial charge in [0.15, 0.2) is 0 Å². The molecule has 0 spiro atoms. The molecule has 4 heteroatoms. The molecule has 0 radical (unpaired) electrons. The first kappa shape index (κ1) is 19.7. The van der Waals surface area contributed by atoms with Crippen molar-refractivity contribution in [3.05, 3.63) is 11.1 Å². The van der Waals surface area contributed by atoms with Gasteiger partial charge in [-0.25, -0.2) is 9.59 Å². The molecule has 0 heterocycles. The summed E-state index contributed by atoms with van der Waals surface area (Å²) in [5.41, 5.74) is 0.985. The van der Waals surface area contributed by atoms with Crippen LogP contribution >= 0.6 is 0 Å². The Hall–Kier alpha value is -1.32. The van der Waals surface area contributed by atoms with E-state index < -0.39 is 0 Å². The van der Waals surface area contributed by atoms with E-state index in [0.29, 0.717) is 30.8 Å². The molecular formula is C19H32O4. The van der Waals surface area contributed by atoms with E-state index in [-0.39, 0.29) is 23.3 Å². The molecule has 0 aliphatic heterocycles. The van der Waals surface area contributed by atoms with Gasteiger partial charge in [-0.05, 0) is 44.4 Å². The molecule has 1 aliphatic rings. The number of esters is 2. The summed E-state index contributed by atoms with van der Waals surface area (Å²) in [5.74, 6) is -0.590. The molecule has 0 aromatic heterocycles. The lowest BCUT2D eigenvalue weighted by Crippen LogP contribution is -2.26. The van der Waals surface area contributed by atoms with Gasteiger partial charge in [-0.15, -0.1) is 0 Å². The molecule has 1 fully saturated rings. The SMILES string of the molecule is CCOC(=O)/C(CC(C)(C)C)=C(\C(=O)OCC)C1CCCCC1. The van der Waals surface area contributed by atoms with E-state index in [0.717, 1.165) is 25.7 Å². The van der Waals surface area contributed by atoms with Crippen LogP contribution in [0.3, 0.4) is 0 Å². The van der Waals surface area contributed by atoms with Crippen LogP contribution in [0.1, 0.15) is 73.1 Å². The van der Waals surface area contributed by atoms with Crippen molar-refractivity contribution in [3.8, 4) is 0 Å². The Labute approximate surface area is 140 Å². The molecule has 1 saturated carbocycles. The summed E-state index contributed by atoms with van der Waals surface area (Å²) in [5, 5.41) is 0. The second kappa shape index (κ2) is 9.09. The average Bonchev–Trinajstić information content (AvgIpc) is 2.47. The summed E-state index contributed by atoms with van der Waals surface area (Å²) in [7, 11) is 0. The first-order chi connectivity index (χ1) is 10.8.